The Bertz CT molecular complexity index is 557. The molecule has 1 heterocycles. The van der Waals surface area contributed by atoms with Crippen LogP contribution in [0.2, 0.25) is 0 Å². The van der Waals surface area contributed by atoms with Gasteiger partial charge in [-0.3, -0.25) is 0 Å². The molecule has 2 aromatic rings. The molecule has 16 heavy (non-hydrogen) atoms. The van der Waals surface area contributed by atoms with Gasteiger partial charge in [-0.25, -0.2) is 4.79 Å². The highest BCUT2D eigenvalue weighted by atomic mass is 32.1. The molecule has 0 bridgehead atoms. The van der Waals surface area contributed by atoms with E-state index in [9.17, 15) is 4.79 Å². The van der Waals surface area contributed by atoms with E-state index in [-0.39, 0.29) is 0 Å². The molecule has 0 spiro atoms. The van der Waals surface area contributed by atoms with E-state index in [2.05, 4.69) is 0 Å². The number of hydrogen-bond acceptors (Lipinski definition) is 3. The summed E-state index contributed by atoms with van der Waals surface area (Å²) in [7, 11) is 3.94. The first kappa shape index (κ1) is 11.0. The molecule has 0 radical (unpaired) electrons. The Hall–Kier alpha value is -1.55. The molecule has 0 saturated carbocycles. The van der Waals surface area contributed by atoms with Gasteiger partial charge in [0.15, 0.2) is 0 Å². The van der Waals surface area contributed by atoms with Crippen LogP contribution in [0.5, 0.6) is 0 Å². The van der Waals surface area contributed by atoms with Crippen LogP contribution >= 0.6 is 11.3 Å². The van der Waals surface area contributed by atoms with Crippen molar-refractivity contribution in [2.75, 3.05) is 19.0 Å². The summed E-state index contributed by atoms with van der Waals surface area (Å²) in [5.74, 6) is -0.842. The van der Waals surface area contributed by atoms with Gasteiger partial charge in [0.05, 0.1) is 0 Å². The maximum atomic E-state index is 11.0. The maximum absolute atomic E-state index is 11.0. The number of aromatic carboxylic acids is 1. The Balaban J connectivity index is 2.67. The lowest BCUT2D eigenvalue weighted by molar-refractivity contribution is 0.0701. The molecular formula is C12H13NO2S. The Kier molecular flexibility index (Phi) is 2.59. The monoisotopic (exact) mass is 235 g/mol. The number of thiophene rings is 1. The second kappa shape index (κ2) is 3.79. The summed E-state index contributed by atoms with van der Waals surface area (Å²) in [6.45, 7) is 1.86. The van der Waals surface area contributed by atoms with Crippen LogP contribution in [0.25, 0.3) is 10.1 Å². The van der Waals surface area contributed by atoms with Gasteiger partial charge in [-0.2, -0.15) is 0 Å². The number of carbonyl (C=O) groups is 1. The molecule has 1 aromatic carbocycles. The number of nitrogens with zero attached hydrogens (tertiary/aromatic N) is 1. The highest BCUT2D eigenvalue weighted by Gasteiger charge is 2.14. The molecule has 0 fully saturated rings. The minimum Gasteiger partial charge on any atom is -0.477 e. The summed E-state index contributed by atoms with van der Waals surface area (Å²) in [5, 5.41) is 10.1. The predicted octanol–water partition coefficient (Wildman–Crippen LogP) is 2.97. The average Bonchev–Trinajstić information content (AvgIpc) is 2.55. The zero-order chi connectivity index (χ0) is 11.9. The Morgan fingerprint density at radius 3 is 2.62 bits per heavy atom. The van der Waals surface area contributed by atoms with Crippen molar-refractivity contribution < 1.29 is 9.90 Å². The minimum atomic E-state index is -0.842. The zero-order valence-corrected chi connectivity index (χ0v) is 10.3. The highest BCUT2D eigenvalue weighted by molar-refractivity contribution is 7.21. The largest absolute Gasteiger partial charge is 0.477 e. The van der Waals surface area contributed by atoms with E-state index < -0.39 is 5.97 Å². The average molecular weight is 235 g/mol. The summed E-state index contributed by atoms with van der Waals surface area (Å²) in [4.78, 5) is 13.5. The first-order chi connectivity index (χ1) is 7.50. The van der Waals surface area contributed by atoms with E-state index in [4.69, 9.17) is 5.11 Å². The molecule has 3 nitrogen and oxygen atoms in total. The Morgan fingerprint density at radius 1 is 1.38 bits per heavy atom. The van der Waals surface area contributed by atoms with E-state index >= 15 is 0 Å². The van der Waals surface area contributed by atoms with E-state index in [0.717, 1.165) is 21.3 Å². The van der Waals surface area contributed by atoms with Gasteiger partial charge in [0.25, 0.3) is 0 Å². The Morgan fingerprint density at radius 2 is 2.06 bits per heavy atom. The van der Waals surface area contributed by atoms with E-state index in [1.54, 1.807) is 0 Å². The van der Waals surface area contributed by atoms with Crippen molar-refractivity contribution in [3.05, 3.63) is 28.6 Å². The van der Waals surface area contributed by atoms with Gasteiger partial charge in [0.2, 0.25) is 0 Å². The van der Waals surface area contributed by atoms with E-state index in [0.29, 0.717) is 4.88 Å². The molecule has 1 aromatic heterocycles. The summed E-state index contributed by atoms with van der Waals surface area (Å²) in [6.07, 6.45) is 0. The maximum Gasteiger partial charge on any atom is 0.346 e. The summed E-state index contributed by atoms with van der Waals surface area (Å²) >= 11 is 1.34. The molecule has 1 N–H and O–H groups in total. The van der Waals surface area contributed by atoms with Crippen LogP contribution in [-0.2, 0) is 0 Å². The lowest BCUT2D eigenvalue weighted by Crippen LogP contribution is -2.07. The molecular weight excluding hydrogens is 222 g/mol. The smallest absolute Gasteiger partial charge is 0.346 e. The lowest BCUT2D eigenvalue weighted by Gasteiger charge is -2.11. The number of carboxylic acid groups (broad SMARTS) is 1. The number of carboxylic acids is 1. The van der Waals surface area contributed by atoms with Crippen molar-refractivity contribution >= 4 is 33.1 Å². The topological polar surface area (TPSA) is 40.5 Å². The number of hydrogen-bond donors (Lipinski definition) is 1. The number of benzene rings is 1. The summed E-state index contributed by atoms with van der Waals surface area (Å²) in [6, 6.07) is 6.02. The van der Waals surface area contributed by atoms with E-state index in [1.165, 1.54) is 11.3 Å². The fourth-order valence-corrected chi connectivity index (χ4v) is 2.78. The standard InChI is InChI=1S/C12H13NO2S/c1-7-9-5-4-8(13(2)3)6-10(9)16-11(7)12(14)15/h4-6H,1-3H3,(H,14,15). The Labute approximate surface area is 97.9 Å². The van der Waals surface area contributed by atoms with Gasteiger partial charge in [-0.15, -0.1) is 11.3 Å². The molecule has 0 saturated heterocycles. The van der Waals surface area contributed by atoms with Crippen LogP contribution in [-0.4, -0.2) is 25.2 Å². The highest BCUT2D eigenvalue weighted by Crippen LogP contribution is 2.33. The molecule has 0 atom stereocenters. The predicted molar refractivity (Wildman–Crippen MR) is 67.8 cm³/mol. The molecule has 2 rings (SSSR count). The third kappa shape index (κ3) is 1.65. The number of aryl methyl sites for hydroxylation is 1. The third-order valence-electron chi connectivity index (χ3n) is 2.63. The van der Waals surface area contributed by atoms with Crippen molar-refractivity contribution in [2.24, 2.45) is 0 Å². The van der Waals surface area contributed by atoms with E-state index in [1.807, 2.05) is 44.1 Å². The fourth-order valence-electron chi connectivity index (χ4n) is 1.70. The first-order valence-corrected chi connectivity index (χ1v) is 5.76. The van der Waals surface area contributed by atoms with Gasteiger partial charge >= 0.3 is 5.97 Å². The van der Waals surface area contributed by atoms with Gasteiger partial charge in [0, 0.05) is 24.5 Å². The van der Waals surface area contributed by atoms with Crippen LogP contribution in [0, 0.1) is 6.92 Å². The van der Waals surface area contributed by atoms with Crippen molar-refractivity contribution in [3.63, 3.8) is 0 Å². The van der Waals surface area contributed by atoms with Gasteiger partial charge < -0.3 is 10.0 Å². The lowest BCUT2D eigenvalue weighted by atomic mass is 10.1. The third-order valence-corrected chi connectivity index (χ3v) is 3.88. The second-order valence-corrected chi connectivity index (χ2v) is 4.99. The summed E-state index contributed by atoms with van der Waals surface area (Å²) < 4.78 is 1.03. The normalized spacial score (nSPS) is 10.7. The van der Waals surface area contributed by atoms with Crippen LogP contribution in [0.4, 0.5) is 5.69 Å². The van der Waals surface area contributed by atoms with Crippen molar-refractivity contribution in [1.82, 2.24) is 0 Å². The van der Waals surface area contributed by atoms with Crippen LogP contribution in [0.15, 0.2) is 18.2 Å². The zero-order valence-electron chi connectivity index (χ0n) is 9.44. The quantitative estimate of drug-likeness (QED) is 0.870. The first-order valence-electron chi connectivity index (χ1n) is 4.94. The van der Waals surface area contributed by atoms with Crippen molar-refractivity contribution in [2.45, 2.75) is 6.92 Å². The summed E-state index contributed by atoms with van der Waals surface area (Å²) in [5.41, 5.74) is 1.95. The fraction of sp³-hybridized carbons (Fsp3) is 0.250. The van der Waals surface area contributed by atoms with Crippen LogP contribution < -0.4 is 4.90 Å². The second-order valence-electron chi connectivity index (χ2n) is 3.94. The minimum absolute atomic E-state index is 0.436. The van der Waals surface area contributed by atoms with Crippen LogP contribution in [0.3, 0.4) is 0 Å². The molecule has 0 amide bonds. The molecule has 0 aliphatic carbocycles. The molecule has 0 unspecified atom stereocenters. The van der Waals surface area contributed by atoms with Gasteiger partial charge in [-0.1, -0.05) is 6.07 Å². The molecule has 0 aliphatic rings. The van der Waals surface area contributed by atoms with Crippen molar-refractivity contribution in [3.8, 4) is 0 Å². The number of rotatable bonds is 2. The van der Waals surface area contributed by atoms with Gasteiger partial charge in [-0.05, 0) is 30.0 Å². The van der Waals surface area contributed by atoms with Gasteiger partial charge in [0.1, 0.15) is 4.88 Å². The number of fused-ring (bicyclic) bond motifs is 1. The number of anilines is 1. The molecule has 0 aliphatic heterocycles. The SMILES string of the molecule is Cc1c(C(=O)O)sc2cc(N(C)C)ccc12. The van der Waals surface area contributed by atoms with Crippen molar-refractivity contribution in [1.29, 1.82) is 0 Å². The molecule has 4 heteroatoms. The van der Waals surface area contributed by atoms with Crippen LogP contribution in [0.1, 0.15) is 15.2 Å². The molecule has 84 valence electrons.